The first-order valence-corrected chi connectivity index (χ1v) is 11.3. The van der Waals surface area contributed by atoms with Crippen LogP contribution in [0, 0.1) is 0 Å². The van der Waals surface area contributed by atoms with Crippen molar-refractivity contribution in [1.29, 1.82) is 0 Å². The van der Waals surface area contributed by atoms with Crippen molar-refractivity contribution < 1.29 is 31.5 Å². The Balaban J connectivity index is 2.34. The maximum atomic E-state index is 12.7. The van der Waals surface area contributed by atoms with E-state index in [9.17, 15) is 31.5 Å². The minimum atomic E-state index is -4.63. The lowest BCUT2D eigenvalue weighted by Gasteiger charge is -2.28. The van der Waals surface area contributed by atoms with Crippen LogP contribution in [0.2, 0.25) is 0 Å². The van der Waals surface area contributed by atoms with E-state index in [1.54, 1.807) is 18.6 Å². The molecule has 0 aliphatic carbocycles. The zero-order chi connectivity index (χ0) is 22.9. The van der Waals surface area contributed by atoms with Crippen molar-refractivity contribution >= 4 is 38.1 Å². The molecule has 0 fully saturated rings. The highest BCUT2D eigenvalue weighted by molar-refractivity contribution is 7.92. The van der Waals surface area contributed by atoms with Gasteiger partial charge in [-0.25, -0.2) is 45.3 Å². The highest BCUT2D eigenvalue weighted by Gasteiger charge is 2.31. The van der Waals surface area contributed by atoms with Crippen LogP contribution in [0.25, 0.3) is 0 Å². The number of hydrogen-bond donors (Lipinski definition) is 3. The van der Waals surface area contributed by atoms with Crippen LogP contribution >= 0.6 is 0 Å². The van der Waals surface area contributed by atoms with Crippen molar-refractivity contribution in [3.8, 4) is 0 Å². The van der Waals surface area contributed by atoms with Crippen molar-refractivity contribution in [3.05, 3.63) is 36.0 Å². The molecule has 164 valence electrons. The van der Waals surface area contributed by atoms with E-state index in [-0.39, 0.29) is 0 Å². The normalized spacial score (nSPS) is 17.2. The molecule has 1 heterocycles. The second kappa shape index (κ2) is 8.41. The van der Waals surface area contributed by atoms with E-state index in [2.05, 4.69) is 10.3 Å². The van der Waals surface area contributed by atoms with Crippen molar-refractivity contribution in [2.75, 3.05) is 14.1 Å². The molecule has 1 aliphatic heterocycles. The van der Waals surface area contributed by atoms with Gasteiger partial charge < -0.3 is 5.11 Å². The zero-order valence-corrected chi connectivity index (χ0v) is 18.2. The predicted octanol–water partition coefficient (Wildman–Crippen LogP) is 0.567. The van der Waals surface area contributed by atoms with Gasteiger partial charge in [0, 0.05) is 19.8 Å². The van der Waals surface area contributed by atoms with E-state index in [1.807, 2.05) is 0 Å². The van der Waals surface area contributed by atoms with E-state index in [0.29, 0.717) is 5.70 Å². The zero-order valence-electron chi connectivity index (χ0n) is 16.5. The van der Waals surface area contributed by atoms with Crippen LogP contribution in [0.5, 0.6) is 0 Å². The summed E-state index contributed by atoms with van der Waals surface area (Å²) in [6, 6.07) is 2.80. The third-order valence-corrected chi connectivity index (χ3v) is 7.35. The first-order chi connectivity index (χ1) is 13.8. The molecule has 0 bridgehead atoms. The molecule has 0 saturated carbocycles. The number of carboxylic acid groups (broad SMARTS) is 1. The van der Waals surface area contributed by atoms with Crippen LogP contribution in [0.3, 0.4) is 0 Å². The van der Waals surface area contributed by atoms with Gasteiger partial charge in [0.05, 0.1) is 6.04 Å². The summed E-state index contributed by atoms with van der Waals surface area (Å²) in [5, 5.41) is 11.4. The van der Waals surface area contributed by atoms with E-state index in [0.717, 1.165) is 21.3 Å². The average Bonchev–Trinajstić information content (AvgIpc) is 2.59. The van der Waals surface area contributed by atoms with Gasteiger partial charge in [0.25, 0.3) is 10.0 Å². The number of carbonyl (C=O) groups is 2. The second-order valence-electron chi connectivity index (χ2n) is 6.43. The molecule has 30 heavy (non-hydrogen) atoms. The Bertz CT molecular complexity index is 1140. The third-order valence-electron chi connectivity index (χ3n) is 3.96. The fourth-order valence-corrected chi connectivity index (χ4v) is 5.22. The molecule has 14 heteroatoms. The highest BCUT2D eigenvalue weighted by atomic mass is 32.2. The van der Waals surface area contributed by atoms with Crippen molar-refractivity contribution in [2.45, 2.75) is 29.7 Å². The molecule has 0 radical (unpaired) electrons. The predicted molar refractivity (Wildman–Crippen MR) is 107 cm³/mol. The summed E-state index contributed by atoms with van der Waals surface area (Å²) in [5.41, 5.74) is 0.417. The largest absolute Gasteiger partial charge is 0.465 e. The summed E-state index contributed by atoms with van der Waals surface area (Å²) < 4.78 is 52.7. The van der Waals surface area contributed by atoms with Crippen LogP contribution < -0.4 is 10.0 Å². The number of allylic oxidation sites excluding steroid dienone is 1. The van der Waals surface area contributed by atoms with Gasteiger partial charge in [0.1, 0.15) is 9.79 Å². The lowest BCUT2D eigenvalue weighted by atomic mass is 10.2. The third kappa shape index (κ3) is 4.77. The van der Waals surface area contributed by atoms with Gasteiger partial charge in [-0.15, -0.1) is 0 Å². The Morgan fingerprint density at radius 2 is 1.70 bits per heavy atom. The summed E-state index contributed by atoms with van der Waals surface area (Å²) >= 11 is 0. The first kappa shape index (κ1) is 23.3. The molecule has 0 saturated heterocycles. The van der Waals surface area contributed by atoms with E-state index >= 15 is 0 Å². The number of nitrogens with zero attached hydrogens (tertiary/aromatic N) is 3. The van der Waals surface area contributed by atoms with Crippen LogP contribution in [-0.2, 0) is 20.0 Å². The molecule has 1 aromatic rings. The minimum absolute atomic E-state index is 0.392. The molecular formula is C16H21N5O7S2. The van der Waals surface area contributed by atoms with E-state index in [1.165, 1.54) is 32.3 Å². The number of sulfonamides is 2. The fourth-order valence-electron chi connectivity index (χ4n) is 2.61. The van der Waals surface area contributed by atoms with Crippen molar-refractivity contribution in [3.63, 3.8) is 0 Å². The van der Waals surface area contributed by atoms with Gasteiger partial charge in [-0.1, -0.05) is 12.1 Å². The van der Waals surface area contributed by atoms with Crippen LogP contribution in [0.15, 0.2) is 50.8 Å². The number of guanidine groups is 1. The Morgan fingerprint density at radius 3 is 2.23 bits per heavy atom. The fraction of sp³-hybridized carbons (Fsp3) is 0.312. The SMILES string of the molecule is CC1=CC(C)N(C(=O)O)C(NC(=O)NS(=O)(=O)c2ccccc2S(=O)(=O)N(C)C)=N1. The van der Waals surface area contributed by atoms with E-state index in [4.69, 9.17) is 0 Å². The maximum Gasteiger partial charge on any atom is 0.414 e. The summed E-state index contributed by atoms with van der Waals surface area (Å²) in [5.74, 6) is -0.392. The number of amides is 3. The Morgan fingerprint density at radius 1 is 1.13 bits per heavy atom. The van der Waals surface area contributed by atoms with Gasteiger partial charge in [0.2, 0.25) is 16.0 Å². The number of benzene rings is 1. The summed E-state index contributed by atoms with van der Waals surface area (Å²) in [4.78, 5) is 27.2. The first-order valence-electron chi connectivity index (χ1n) is 8.42. The topological polar surface area (TPSA) is 166 Å². The Kier molecular flexibility index (Phi) is 6.54. The lowest BCUT2D eigenvalue weighted by Crippen LogP contribution is -2.54. The highest BCUT2D eigenvalue weighted by Crippen LogP contribution is 2.22. The number of urea groups is 1. The maximum absolute atomic E-state index is 12.7. The molecule has 1 unspecified atom stereocenters. The van der Waals surface area contributed by atoms with Crippen LogP contribution in [0.1, 0.15) is 13.8 Å². The monoisotopic (exact) mass is 459 g/mol. The van der Waals surface area contributed by atoms with E-state index < -0.39 is 54.0 Å². The molecule has 1 aromatic carbocycles. The number of carbonyl (C=O) groups excluding carboxylic acids is 1. The number of hydrogen-bond acceptors (Lipinski definition) is 7. The van der Waals surface area contributed by atoms with Gasteiger partial charge >= 0.3 is 12.1 Å². The molecule has 3 amide bonds. The molecule has 12 nitrogen and oxygen atoms in total. The Labute approximate surface area is 174 Å². The molecule has 1 atom stereocenters. The standard InChI is InChI=1S/C16H21N5O7S2/c1-10-9-11(2)21(16(23)24)14(17-10)18-15(22)19-29(25,26)12-7-5-6-8-13(12)30(27,28)20(3)4/h5-9,11H,1-4H3,(H,23,24)(H2,17,18,19,22). The van der Waals surface area contributed by atoms with Gasteiger partial charge in [0.15, 0.2) is 0 Å². The molecule has 3 N–H and O–H groups in total. The molecule has 2 rings (SSSR count). The lowest BCUT2D eigenvalue weighted by molar-refractivity contribution is 0.162. The summed E-state index contributed by atoms with van der Waals surface area (Å²) in [6.45, 7) is 3.12. The molecule has 0 aromatic heterocycles. The minimum Gasteiger partial charge on any atom is -0.465 e. The number of nitrogens with one attached hydrogen (secondary N) is 2. The smallest absolute Gasteiger partial charge is 0.414 e. The number of aliphatic imine (C=N–C) groups is 1. The summed E-state index contributed by atoms with van der Waals surface area (Å²) in [6.07, 6.45) is 0.131. The molecular weight excluding hydrogens is 438 g/mol. The van der Waals surface area contributed by atoms with Crippen molar-refractivity contribution in [1.82, 2.24) is 19.2 Å². The van der Waals surface area contributed by atoms with Crippen molar-refractivity contribution in [2.24, 2.45) is 4.99 Å². The summed E-state index contributed by atoms with van der Waals surface area (Å²) in [7, 11) is -6.28. The van der Waals surface area contributed by atoms with Gasteiger partial charge in [-0.05, 0) is 32.1 Å². The number of rotatable bonds is 4. The average molecular weight is 460 g/mol. The quantitative estimate of drug-likeness (QED) is 0.592. The van der Waals surface area contributed by atoms with Gasteiger partial charge in [-0.3, -0.25) is 5.32 Å². The van der Waals surface area contributed by atoms with Crippen LogP contribution in [0.4, 0.5) is 9.59 Å². The molecule has 1 aliphatic rings. The van der Waals surface area contributed by atoms with Gasteiger partial charge in [-0.2, -0.15) is 0 Å². The van der Waals surface area contributed by atoms with Crippen LogP contribution in [-0.4, -0.2) is 69.4 Å². The Hall–Kier alpha value is -2.97. The molecule has 0 spiro atoms. The second-order valence-corrected chi connectivity index (χ2v) is 10.2.